The van der Waals surface area contributed by atoms with E-state index in [-0.39, 0.29) is 12.0 Å². The molecule has 0 radical (unpaired) electrons. The number of carboxylic acid groups (broad SMARTS) is 1. The fourth-order valence-electron chi connectivity index (χ4n) is 4.39. The van der Waals surface area contributed by atoms with E-state index in [4.69, 9.17) is 4.74 Å². The Bertz CT molecular complexity index is 955. The van der Waals surface area contributed by atoms with Gasteiger partial charge in [-0.25, -0.2) is 4.79 Å². The lowest BCUT2D eigenvalue weighted by atomic mass is 9.76. The maximum atomic E-state index is 11.8. The van der Waals surface area contributed by atoms with Crippen LogP contribution in [-0.2, 0) is 0 Å². The zero-order chi connectivity index (χ0) is 19.3. The predicted octanol–water partition coefficient (Wildman–Crippen LogP) is 5.47. The highest BCUT2D eigenvalue weighted by Gasteiger charge is 2.39. The zero-order valence-electron chi connectivity index (χ0n) is 15.1. The van der Waals surface area contributed by atoms with Crippen molar-refractivity contribution in [1.82, 2.24) is 0 Å². The van der Waals surface area contributed by atoms with Crippen LogP contribution in [0, 0.1) is 5.92 Å². The normalized spacial score (nSPS) is 25.4. The number of fused-ring (bicyclic) bond motifs is 3. The van der Waals surface area contributed by atoms with Crippen LogP contribution < -0.4 is 10.1 Å². The minimum absolute atomic E-state index is 0.0695. The van der Waals surface area contributed by atoms with Gasteiger partial charge in [-0.15, -0.1) is 0 Å². The fraction of sp³-hybridized carbons (Fsp3) is 0.318. The third-order valence-electron chi connectivity index (χ3n) is 5.81. The molecule has 1 saturated heterocycles. The second kappa shape index (κ2) is 7.16. The highest BCUT2D eigenvalue weighted by atomic mass is 79.9. The van der Waals surface area contributed by atoms with Crippen LogP contribution in [0.25, 0.3) is 0 Å². The summed E-state index contributed by atoms with van der Waals surface area (Å²) in [6, 6.07) is 12.1. The van der Waals surface area contributed by atoms with Gasteiger partial charge in [0.25, 0.3) is 0 Å². The van der Waals surface area contributed by atoms with E-state index in [0.717, 1.165) is 39.4 Å². The Kier molecular flexibility index (Phi) is 4.63. The predicted molar refractivity (Wildman–Crippen MR) is 116 cm³/mol. The minimum atomic E-state index is -0.911. The molecule has 28 heavy (non-hydrogen) atoms. The molecule has 4 nitrogen and oxygen atoms in total. The van der Waals surface area contributed by atoms with Crippen molar-refractivity contribution in [3.05, 3.63) is 69.7 Å². The van der Waals surface area contributed by atoms with Gasteiger partial charge in [0.15, 0.2) is 0 Å². The van der Waals surface area contributed by atoms with Gasteiger partial charge >= 0.3 is 5.97 Å². The third-order valence-corrected chi connectivity index (χ3v) is 7.49. The van der Waals surface area contributed by atoms with E-state index in [0.29, 0.717) is 17.6 Å². The van der Waals surface area contributed by atoms with Crippen LogP contribution in [0.3, 0.4) is 0 Å². The molecular formula is C22H20BrNO3S. The number of hydrogen-bond donors (Lipinski definition) is 2. The van der Waals surface area contributed by atoms with Gasteiger partial charge in [0.1, 0.15) is 11.9 Å². The van der Waals surface area contributed by atoms with E-state index in [1.54, 1.807) is 6.07 Å². The van der Waals surface area contributed by atoms with Crippen molar-refractivity contribution >= 4 is 39.3 Å². The standard InChI is InChI=1S/C22H20BrNO3S/c23-13-8-18-16-2-1-3-17(16)20(24-21(18)19(9-13)22(25)26)12-4-6-14(7-5-12)27-15-10-28-11-15/h1-2,4-9,15-17,20,24H,3,10-11H2,(H,25,26)/t16-,17+,20+/m1/s1. The average Bonchev–Trinajstić information content (AvgIpc) is 3.14. The van der Waals surface area contributed by atoms with Gasteiger partial charge in [-0.2, -0.15) is 11.8 Å². The molecule has 0 spiro atoms. The number of carboxylic acids is 1. The summed E-state index contributed by atoms with van der Waals surface area (Å²) in [6.07, 6.45) is 5.75. The molecule has 2 aromatic rings. The fourth-order valence-corrected chi connectivity index (χ4v) is 5.43. The molecule has 2 aliphatic heterocycles. The Labute approximate surface area is 176 Å². The number of rotatable bonds is 4. The maximum Gasteiger partial charge on any atom is 0.337 e. The summed E-state index contributed by atoms with van der Waals surface area (Å²) >= 11 is 5.38. The summed E-state index contributed by atoms with van der Waals surface area (Å²) in [6.45, 7) is 0. The van der Waals surface area contributed by atoms with Crippen molar-refractivity contribution in [2.75, 3.05) is 16.8 Å². The van der Waals surface area contributed by atoms with Gasteiger partial charge in [0, 0.05) is 21.9 Å². The first kappa shape index (κ1) is 18.1. The summed E-state index contributed by atoms with van der Waals surface area (Å²) in [7, 11) is 0. The maximum absolute atomic E-state index is 11.8. The van der Waals surface area contributed by atoms with Crippen molar-refractivity contribution in [2.24, 2.45) is 5.92 Å². The number of nitrogens with one attached hydrogen (secondary N) is 1. The summed E-state index contributed by atoms with van der Waals surface area (Å²) in [5, 5.41) is 13.3. The molecule has 0 saturated carbocycles. The van der Waals surface area contributed by atoms with Gasteiger partial charge < -0.3 is 15.2 Å². The Morgan fingerprint density at radius 1 is 1.21 bits per heavy atom. The average molecular weight is 458 g/mol. The minimum Gasteiger partial charge on any atom is -0.489 e. The van der Waals surface area contributed by atoms with Crippen LogP contribution in [0.1, 0.15) is 39.9 Å². The molecule has 5 rings (SSSR count). The van der Waals surface area contributed by atoms with Crippen molar-refractivity contribution in [3.8, 4) is 5.75 Å². The van der Waals surface area contributed by atoms with E-state index >= 15 is 0 Å². The molecule has 6 heteroatoms. The Hall–Kier alpha value is -1.92. The Morgan fingerprint density at radius 3 is 2.68 bits per heavy atom. The topological polar surface area (TPSA) is 58.6 Å². The number of hydrogen-bond acceptors (Lipinski definition) is 4. The number of halogens is 1. The number of thioether (sulfide) groups is 1. The molecule has 1 fully saturated rings. The highest BCUT2D eigenvalue weighted by molar-refractivity contribution is 9.10. The molecule has 3 aliphatic rings. The van der Waals surface area contributed by atoms with Crippen molar-refractivity contribution in [2.45, 2.75) is 24.5 Å². The van der Waals surface area contributed by atoms with Gasteiger partial charge in [-0.05, 0) is 47.7 Å². The van der Waals surface area contributed by atoms with Crippen LogP contribution in [0.2, 0.25) is 0 Å². The summed E-state index contributed by atoms with van der Waals surface area (Å²) in [5.74, 6) is 2.71. The second-order valence-electron chi connectivity index (χ2n) is 7.54. The molecule has 2 heterocycles. The van der Waals surface area contributed by atoms with Gasteiger partial charge in [-0.1, -0.05) is 40.2 Å². The van der Waals surface area contributed by atoms with Crippen molar-refractivity contribution in [3.63, 3.8) is 0 Å². The lowest BCUT2D eigenvalue weighted by molar-refractivity contribution is 0.0697. The summed E-state index contributed by atoms with van der Waals surface area (Å²) < 4.78 is 6.77. The summed E-state index contributed by atoms with van der Waals surface area (Å²) in [5.41, 5.74) is 3.28. The molecule has 144 valence electrons. The van der Waals surface area contributed by atoms with Crippen LogP contribution in [0.4, 0.5) is 5.69 Å². The van der Waals surface area contributed by atoms with E-state index in [9.17, 15) is 9.90 Å². The molecule has 1 aliphatic carbocycles. The van der Waals surface area contributed by atoms with E-state index in [1.165, 1.54) is 5.56 Å². The smallest absolute Gasteiger partial charge is 0.337 e. The van der Waals surface area contributed by atoms with Crippen LogP contribution in [-0.4, -0.2) is 28.7 Å². The van der Waals surface area contributed by atoms with Gasteiger partial charge in [0.05, 0.1) is 17.3 Å². The van der Waals surface area contributed by atoms with E-state index in [2.05, 4.69) is 45.5 Å². The molecule has 0 aromatic heterocycles. The number of carbonyl (C=O) groups is 1. The van der Waals surface area contributed by atoms with Crippen molar-refractivity contribution < 1.29 is 14.6 Å². The molecule has 0 unspecified atom stereocenters. The number of ether oxygens (including phenoxy) is 1. The molecule has 0 bridgehead atoms. The first-order valence-electron chi connectivity index (χ1n) is 9.44. The number of allylic oxidation sites excluding steroid dienone is 2. The zero-order valence-corrected chi connectivity index (χ0v) is 17.5. The molecule has 2 aromatic carbocycles. The lowest BCUT2D eigenvalue weighted by Gasteiger charge is -2.38. The first-order chi connectivity index (χ1) is 13.6. The number of anilines is 1. The summed E-state index contributed by atoms with van der Waals surface area (Å²) in [4.78, 5) is 11.8. The Morgan fingerprint density at radius 2 is 2.00 bits per heavy atom. The third kappa shape index (κ3) is 3.12. The lowest BCUT2D eigenvalue weighted by Crippen LogP contribution is -2.31. The second-order valence-corrected chi connectivity index (χ2v) is 9.54. The van der Waals surface area contributed by atoms with Crippen LogP contribution in [0.15, 0.2) is 53.0 Å². The monoisotopic (exact) mass is 457 g/mol. The van der Waals surface area contributed by atoms with Gasteiger partial charge in [-0.3, -0.25) is 0 Å². The SMILES string of the molecule is O=C(O)c1cc(Br)cc2c1N[C@@H](c1ccc(OC3CSC3)cc1)[C@H]1CC=C[C@@H]21. The Balaban J connectivity index is 1.49. The molecular weight excluding hydrogens is 438 g/mol. The molecule has 2 N–H and O–H groups in total. The van der Waals surface area contributed by atoms with E-state index in [1.807, 2.05) is 30.0 Å². The quantitative estimate of drug-likeness (QED) is 0.596. The molecule has 3 atom stereocenters. The van der Waals surface area contributed by atoms with Crippen LogP contribution in [0.5, 0.6) is 5.75 Å². The van der Waals surface area contributed by atoms with Crippen molar-refractivity contribution in [1.29, 1.82) is 0 Å². The number of benzene rings is 2. The van der Waals surface area contributed by atoms with E-state index < -0.39 is 5.97 Å². The molecule has 0 amide bonds. The largest absolute Gasteiger partial charge is 0.489 e. The highest BCUT2D eigenvalue weighted by Crippen LogP contribution is 2.51. The van der Waals surface area contributed by atoms with Gasteiger partial charge in [0.2, 0.25) is 0 Å². The first-order valence-corrected chi connectivity index (χ1v) is 11.4. The number of aromatic carboxylic acids is 1. The van der Waals surface area contributed by atoms with Crippen LogP contribution >= 0.6 is 27.7 Å².